The highest BCUT2D eigenvalue weighted by Gasteiger charge is 2.30. The Morgan fingerprint density at radius 3 is 2.84 bits per heavy atom. The molecule has 0 saturated carbocycles. The third-order valence-electron chi connectivity index (χ3n) is 2.88. The quantitative estimate of drug-likeness (QED) is 0.802. The molecule has 96 valence electrons. The second-order valence-electron chi connectivity index (χ2n) is 3.95. The monoisotopic (exact) mass is 274 g/mol. The number of hydrogen-bond donors (Lipinski definition) is 1. The number of nitrogens with zero attached hydrogens (tertiary/aromatic N) is 1. The van der Waals surface area contributed by atoms with Crippen molar-refractivity contribution >= 4 is 40.4 Å². The number of ether oxygens (including phenoxy) is 1. The highest BCUT2D eigenvalue weighted by atomic mass is 32.1. The molecular formula is C13H10N2O3S. The van der Waals surface area contributed by atoms with Gasteiger partial charge in [-0.3, -0.25) is 4.79 Å². The van der Waals surface area contributed by atoms with Gasteiger partial charge < -0.3 is 10.1 Å². The van der Waals surface area contributed by atoms with E-state index in [9.17, 15) is 9.59 Å². The number of thiophene rings is 1. The largest absolute Gasteiger partial charge is 0.452 e. The lowest BCUT2D eigenvalue weighted by Gasteiger charge is -2.20. The summed E-state index contributed by atoms with van der Waals surface area (Å²) in [4.78, 5) is 25.5. The average molecular weight is 274 g/mol. The molecule has 6 heteroatoms. The van der Waals surface area contributed by atoms with E-state index in [-0.39, 0.29) is 5.91 Å². The van der Waals surface area contributed by atoms with E-state index in [1.54, 1.807) is 35.0 Å². The second kappa shape index (κ2) is 4.40. The number of nitrogens with one attached hydrogen (secondary N) is 1. The number of rotatable bonds is 0. The van der Waals surface area contributed by atoms with Gasteiger partial charge in [-0.15, -0.1) is 11.3 Å². The highest BCUT2D eigenvalue weighted by molar-refractivity contribution is 7.08. The number of para-hydroxylation sites is 2. The molecule has 0 fully saturated rings. The fraction of sp³-hybridized carbons (Fsp3) is 0.0769. The van der Waals surface area contributed by atoms with E-state index < -0.39 is 6.09 Å². The van der Waals surface area contributed by atoms with Gasteiger partial charge in [0.1, 0.15) is 0 Å². The van der Waals surface area contributed by atoms with Gasteiger partial charge in [0, 0.05) is 10.8 Å². The topological polar surface area (TPSA) is 58.6 Å². The number of carbonyl (C=O) groups is 2. The molecule has 0 bridgehead atoms. The fourth-order valence-electron chi connectivity index (χ4n) is 2.02. The molecule has 3 rings (SSSR count). The normalized spacial score (nSPS) is 13.1. The van der Waals surface area contributed by atoms with E-state index in [4.69, 9.17) is 4.74 Å². The van der Waals surface area contributed by atoms with Crippen LogP contribution in [-0.4, -0.2) is 19.1 Å². The summed E-state index contributed by atoms with van der Waals surface area (Å²) in [5.41, 5.74) is 2.19. The molecule has 0 aliphatic carbocycles. The molecule has 1 aliphatic heterocycles. The Labute approximate surface area is 113 Å². The summed E-state index contributed by atoms with van der Waals surface area (Å²) in [6.07, 6.45) is -0.524. The van der Waals surface area contributed by atoms with Crippen LogP contribution in [0, 0.1) is 0 Å². The van der Waals surface area contributed by atoms with Crippen LogP contribution in [0.5, 0.6) is 0 Å². The van der Waals surface area contributed by atoms with Crippen molar-refractivity contribution in [2.45, 2.75) is 0 Å². The van der Waals surface area contributed by atoms with Gasteiger partial charge >= 0.3 is 6.09 Å². The summed E-state index contributed by atoms with van der Waals surface area (Å²) >= 11 is 1.36. The first kappa shape index (κ1) is 11.7. The Balaban J connectivity index is 2.26. The summed E-state index contributed by atoms with van der Waals surface area (Å²) in [6.45, 7) is 0. The molecule has 2 amide bonds. The first-order valence-electron chi connectivity index (χ1n) is 5.57. The van der Waals surface area contributed by atoms with Crippen molar-refractivity contribution in [2.75, 3.05) is 17.3 Å². The Bertz CT molecular complexity index is 665. The van der Waals surface area contributed by atoms with Crippen molar-refractivity contribution in [3.8, 4) is 0 Å². The molecule has 0 saturated heterocycles. The minimum absolute atomic E-state index is 0.227. The van der Waals surface area contributed by atoms with Crippen LogP contribution in [0.3, 0.4) is 0 Å². The maximum absolute atomic E-state index is 12.1. The molecule has 1 N–H and O–H groups in total. The molecule has 0 unspecified atom stereocenters. The Kier molecular flexibility index (Phi) is 2.72. The number of carbonyl (C=O) groups excluding carboxylic acids is 2. The Morgan fingerprint density at radius 2 is 2.05 bits per heavy atom. The van der Waals surface area contributed by atoms with Gasteiger partial charge in [0.15, 0.2) is 0 Å². The Hall–Kier alpha value is -2.34. The molecular weight excluding hydrogens is 264 g/mol. The summed E-state index contributed by atoms with van der Waals surface area (Å²) in [5, 5.41) is 6.26. The van der Waals surface area contributed by atoms with Crippen molar-refractivity contribution in [3.63, 3.8) is 0 Å². The average Bonchev–Trinajstić information content (AvgIpc) is 2.86. The van der Waals surface area contributed by atoms with E-state index in [0.29, 0.717) is 22.6 Å². The maximum atomic E-state index is 12.1. The van der Waals surface area contributed by atoms with Crippen LogP contribution < -0.4 is 10.2 Å². The van der Waals surface area contributed by atoms with Crippen molar-refractivity contribution in [1.29, 1.82) is 0 Å². The third kappa shape index (κ3) is 1.77. The summed E-state index contributed by atoms with van der Waals surface area (Å²) in [6, 6.07) is 7.11. The van der Waals surface area contributed by atoms with Gasteiger partial charge in [-0.05, 0) is 12.1 Å². The molecule has 1 aliphatic rings. The van der Waals surface area contributed by atoms with Crippen molar-refractivity contribution < 1.29 is 14.3 Å². The van der Waals surface area contributed by atoms with Gasteiger partial charge in [-0.25, -0.2) is 9.69 Å². The molecule has 1 aromatic carbocycles. The molecule has 2 heterocycles. The van der Waals surface area contributed by atoms with Gasteiger partial charge in [0.05, 0.1) is 29.7 Å². The maximum Gasteiger partial charge on any atom is 0.418 e. The van der Waals surface area contributed by atoms with Gasteiger partial charge in [-0.2, -0.15) is 0 Å². The highest BCUT2D eigenvalue weighted by Crippen LogP contribution is 2.39. The minimum Gasteiger partial charge on any atom is -0.452 e. The van der Waals surface area contributed by atoms with Crippen LogP contribution in [0.1, 0.15) is 10.4 Å². The smallest absolute Gasteiger partial charge is 0.418 e. The van der Waals surface area contributed by atoms with E-state index in [0.717, 1.165) is 0 Å². The standard InChI is InChI=1S/C13H10N2O3S/c1-18-13(17)15-10-5-3-2-4-9(10)14-12(16)8-6-19-7-11(8)15/h2-7H,1H3,(H,14,16). The number of benzene rings is 1. The fourth-order valence-corrected chi connectivity index (χ4v) is 2.81. The second-order valence-corrected chi connectivity index (χ2v) is 4.69. The predicted octanol–water partition coefficient (Wildman–Crippen LogP) is 3.22. The minimum atomic E-state index is -0.524. The summed E-state index contributed by atoms with van der Waals surface area (Å²) < 4.78 is 4.82. The number of fused-ring (bicyclic) bond motifs is 2. The molecule has 0 radical (unpaired) electrons. The van der Waals surface area contributed by atoms with Crippen LogP contribution in [-0.2, 0) is 4.74 Å². The Morgan fingerprint density at radius 1 is 1.26 bits per heavy atom. The van der Waals surface area contributed by atoms with E-state index in [1.807, 2.05) is 0 Å². The molecule has 19 heavy (non-hydrogen) atoms. The van der Waals surface area contributed by atoms with Crippen LogP contribution in [0.4, 0.5) is 21.9 Å². The zero-order chi connectivity index (χ0) is 13.4. The van der Waals surface area contributed by atoms with Crippen LogP contribution in [0.15, 0.2) is 35.0 Å². The molecule has 0 atom stereocenters. The summed E-state index contributed by atoms with van der Waals surface area (Å²) in [7, 11) is 1.32. The molecule has 1 aromatic heterocycles. The molecule has 2 aromatic rings. The number of methoxy groups -OCH3 is 1. The lowest BCUT2D eigenvalue weighted by Crippen LogP contribution is -2.25. The van der Waals surface area contributed by atoms with E-state index in [2.05, 4.69) is 5.32 Å². The number of anilines is 3. The van der Waals surface area contributed by atoms with E-state index in [1.165, 1.54) is 23.3 Å². The van der Waals surface area contributed by atoms with Crippen molar-refractivity contribution in [3.05, 3.63) is 40.6 Å². The number of amides is 2. The lowest BCUT2D eigenvalue weighted by atomic mass is 10.2. The zero-order valence-electron chi connectivity index (χ0n) is 10.0. The number of hydrogen-bond acceptors (Lipinski definition) is 4. The van der Waals surface area contributed by atoms with Gasteiger partial charge in [0.2, 0.25) is 0 Å². The third-order valence-corrected chi connectivity index (χ3v) is 3.61. The van der Waals surface area contributed by atoms with Crippen LogP contribution in [0.25, 0.3) is 0 Å². The zero-order valence-corrected chi connectivity index (χ0v) is 10.9. The van der Waals surface area contributed by atoms with Gasteiger partial charge in [-0.1, -0.05) is 12.1 Å². The van der Waals surface area contributed by atoms with E-state index >= 15 is 0 Å². The predicted molar refractivity (Wildman–Crippen MR) is 73.3 cm³/mol. The van der Waals surface area contributed by atoms with Crippen LogP contribution >= 0.6 is 11.3 Å². The van der Waals surface area contributed by atoms with Gasteiger partial charge in [0.25, 0.3) is 5.91 Å². The summed E-state index contributed by atoms with van der Waals surface area (Å²) in [5.74, 6) is -0.227. The van der Waals surface area contributed by atoms with Crippen LogP contribution in [0.2, 0.25) is 0 Å². The molecule has 5 nitrogen and oxygen atoms in total. The SMILES string of the molecule is COC(=O)N1c2ccccc2NC(=O)c2cscc21. The first-order valence-corrected chi connectivity index (χ1v) is 6.51. The van der Waals surface area contributed by atoms with Crippen molar-refractivity contribution in [2.24, 2.45) is 0 Å². The first-order chi connectivity index (χ1) is 9.22. The van der Waals surface area contributed by atoms with Crippen molar-refractivity contribution in [1.82, 2.24) is 0 Å². The lowest BCUT2D eigenvalue weighted by molar-refractivity contribution is 0.102. The molecule has 0 spiro atoms.